The van der Waals surface area contributed by atoms with Crippen LogP contribution in [0, 0.1) is 10.1 Å². The fourth-order valence-corrected chi connectivity index (χ4v) is 2.34. The number of aryl methyl sites for hydroxylation is 1. The number of para-hydroxylation sites is 1. The molecular formula is C16H16N4O4. The van der Waals surface area contributed by atoms with Gasteiger partial charge >= 0.3 is 0 Å². The molecule has 0 saturated heterocycles. The molecule has 1 aromatic carbocycles. The Morgan fingerprint density at radius 3 is 2.58 bits per heavy atom. The Morgan fingerprint density at radius 2 is 1.96 bits per heavy atom. The van der Waals surface area contributed by atoms with Gasteiger partial charge in [-0.2, -0.15) is 0 Å². The van der Waals surface area contributed by atoms with Crippen molar-refractivity contribution in [3.63, 3.8) is 0 Å². The van der Waals surface area contributed by atoms with Crippen molar-refractivity contribution >= 4 is 23.2 Å². The van der Waals surface area contributed by atoms with Gasteiger partial charge in [0.1, 0.15) is 5.69 Å². The normalized spacial score (nSPS) is 13.4. The van der Waals surface area contributed by atoms with Crippen molar-refractivity contribution in [3.8, 4) is 0 Å². The van der Waals surface area contributed by atoms with E-state index in [0.29, 0.717) is 11.3 Å². The van der Waals surface area contributed by atoms with Gasteiger partial charge in [0, 0.05) is 19.2 Å². The molecule has 2 aromatic rings. The van der Waals surface area contributed by atoms with E-state index in [0.717, 1.165) is 12.8 Å². The monoisotopic (exact) mass is 328 g/mol. The Labute approximate surface area is 137 Å². The minimum absolute atomic E-state index is 0.138. The first kappa shape index (κ1) is 15.7. The molecule has 2 N–H and O–H groups in total. The summed E-state index contributed by atoms with van der Waals surface area (Å²) < 4.78 is 1.38. The molecule has 0 radical (unpaired) electrons. The summed E-state index contributed by atoms with van der Waals surface area (Å²) in [4.78, 5) is 34.9. The first-order valence-electron chi connectivity index (χ1n) is 7.47. The van der Waals surface area contributed by atoms with Gasteiger partial charge in [-0.05, 0) is 25.0 Å². The number of carbonyl (C=O) groups is 2. The molecular weight excluding hydrogens is 312 g/mol. The number of nitrogens with zero attached hydrogens (tertiary/aromatic N) is 2. The number of nitrogens with one attached hydrogen (secondary N) is 2. The molecule has 0 aliphatic heterocycles. The summed E-state index contributed by atoms with van der Waals surface area (Å²) in [6, 6.07) is 8.07. The molecule has 0 atom stereocenters. The number of amides is 2. The van der Waals surface area contributed by atoms with E-state index in [1.807, 2.05) is 0 Å². The highest BCUT2D eigenvalue weighted by atomic mass is 16.6. The second-order valence-electron chi connectivity index (χ2n) is 5.70. The molecule has 0 bridgehead atoms. The highest BCUT2D eigenvalue weighted by molar-refractivity contribution is 6.08. The molecule has 1 saturated carbocycles. The number of nitro groups is 1. The van der Waals surface area contributed by atoms with Gasteiger partial charge in [-0.3, -0.25) is 19.7 Å². The zero-order valence-corrected chi connectivity index (χ0v) is 13.0. The quantitative estimate of drug-likeness (QED) is 0.647. The lowest BCUT2D eigenvalue weighted by Crippen LogP contribution is -2.27. The highest BCUT2D eigenvalue weighted by Gasteiger charge is 2.25. The zero-order valence-electron chi connectivity index (χ0n) is 13.0. The van der Waals surface area contributed by atoms with Gasteiger partial charge in [0.25, 0.3) is 17.5 Å². The van der Waals surface area contributed by atoms with Crippen LogP contribution in [-0.4, -0.2) is 27.3 Å². The van der Waals surface area contributed by atoms with E-state index < -0.39 is 10.8 Å². The van der Waals surface area contributed by atoms with E-state index in [1.165, 1.54) is 16.8 Å². The van der Waals surface area contributed by atoms with Crippen LogP contribution in [0.15, 0.2) is 36.5 Å². The van der Waals surface area contributed by atoms with Crippen LogP contribution >= 0.6 is 0 Å². The first-order chi connectivity index (χ1) is 11.5. The van der Waals surface area contributed by atoms with Crippen molar-refractivity contribution in [2.75, 3.05) is 5.32 Å². The maximum absolute atomic E-state index is 12.4. The molecule has 124 valence electrons. The maximum atomic E-state index is 12.4. The smallest absolute Gasteiger partial charge is 0.287 e. The molecule has 1 fully saturated rings. The van der Waals surface area contributed by atoms with E-state index in [1.54, 1.807) is 31.3 Å². The molecule has 2 amide bonds. The summed E-state index contributed by atoms with van der Waals surface area (Å²) in [6.45, 7) is 0. The number of carbonyl (C=O) groups excluding carboxylic acids is 2. The van der Waals surface area contributed by atoms with Crippen LogP contribution in [0.2, 0.25) is 0 Å². The third-order valence-electron chi connectivity index (χ3n) is 3.77. The Balaban J connectivity index is 1.81. The van der Waals surface area contributed by atoms with Crippen LogP contribution in [0.5, 0.6) is 0 Å². The summed E-state index contributed by atoms with van der Waals surface area (Å²) in [6.07, 6.45) is 3.20. The third-order valence-corrected chi connectivity index (χ3v) is 3.77. The lowest BCUT2D eigenvalue weighted by molar-refractivity contribution is -0.384. The van der Waals surface area contributed by atoms with Gasteiger partial charge in [-0.1, -0.05) is 12.1 Å². The van der Waals surface area contributed by atoms with E-state index in [-0.39, 0.29) is 23.3 Å². The average Bonchev–Trinajstić information content (AvgIpc) is 3.26. The summed E-state index contributed by atoms with van der Waals surface area (Å²) in [5.41, 5.74) is 0.701. The predicted molar refractivity (Wildman–Crippen MR) is 87.0 cm³/mol. The first-order valence-corrected chi connectivity index (χ1v) is 7.47. The van der Waals surface area contributed by atoms with Crippen LogP contribution in [0.1, 0.15) is 33.7 Å². The summed E-state index contributed by atoms with van der Waals surface area (Å²) >= 11 is 0. The Kier molecular flexibility index (Phi) is 4.03. The number of rotatable bonds is 5. The summed E-state index contributed by atoms with van der Waals surface area (Å²) in [7, 11) is 1.55. The number of hydrogen-bond acceptors (Lipinski definition) is 4. The van der Waals surface area contributed by atoms with Gasteiger partial charge in [0.05, 0.1) is 22.4 Å². The van der Waals surface area contributed by atoms with Crippen LogP contribution in [0.25, 0.3) is 0 Å². The Hall–Kier alpha value is -3.16. The maximum Gasteiger partial charge on any atom is 0.287 e. The van der Waals surface area contributed by atoms with E-state index in [9.17, 15) is 19.7 Å². The molecule has 1 heterocycles. The molecule has 3 rings (SSSR count). The molecule has 1 aromatic heterocycles. The number of hydrogen-bond donors (Lipinski definition) is 2. The second kappa shape index (κ2) is 6.15. The third kappa shape index (κ3) is 3.27. The minimum Gasteiger partial charge on any atom is -0.349 e. The number of benzene rings is 1. The topological polar surface area (TPSA) is 106 Å². The molecule has 8 nitrogen and oxygen atoms in total. The van der Waals surface area contributed by atoms with Gasteiger partial charge in [-0.15, -0.1) is 0 Å². The molecule has 8 heteroatoms. The SMILES string of the molecule is Cn1cc([N+](=O)[O-])cc1C(=O)Nc1ccccc1C(=O)NC1CC1. The van der Waals surface area contributed by atoms with E-state index in [4.69, 9.17) is 0 Å². The highest BCUT2D eigenvalue weighted by Crippen LogP contribution is 2.22. The van der Waals surface area contributed by atoms with E-state index >= 15 is 0 Å². The second-order valence-corrected chi connectivity index (χ2v) is 5.70. The number of anilines is 1. The van der Waals surface area contributed by atoms with Crippen molar-refractivity contribution in [2.24, 2.45) is 7.05 Å². The summed E-state index contributed by atoms with van der Waals surface area (Å²) in [5, 5.41) is 16.3. The standard InChI is InChI=1S/C16H16N4O4/c1-19-9-11(20(23)24)8-14(19)16(22)18-13-5-3-2-4-12(13)15(21)17-10-6-7-10/h2-5,8-10H,6-7H2,1H3,(H,17,21)(H,18,22). The van der Waals surface area contributed by atoms with Crippen molar-refractivity contribution < 1.29 is 14.5 Å². The van der Waals surface area contributed by atoms with Crippen LogP contribution in [0.3, 0.4) is 0 Å². The van der Waals surface area contributed by atoms with Gasteiger partial charge in [-0.25, -0.2) is 0 Å². The van der Waals surface area contributed by atoms with Crippen molar-refractivity contribution in [2.45, 2.75) is 18.9 Å². The largest absolute Gasteiger partial charge is 0.349 e. The van der Waals surface area contributed by atoms with Crippen LogP contribution in [0.4, 0.5) is 11.4 Å². The molecule has 24 heavy (non-hydrogen) atoms. The van der Waals surface area contributed by atoms with E-state index in [2.05, 4.69) is 10.6 Å². The minimum atomic E-state index is -0.562. The Morgan fingerprint density at radius 1 is 1.25 bits per heavy atom. The summed E-state index contributed by atoms with van der Waals surface area (Å²) in [5.74, 6) is -0.761. The lowest BCUT2D eigenvalue weighted by atomic mass is 10.1. The number of aromatic nitrogens is 1. The molecule has 1 aliphatic rings. The van der Waals surface area contributed by atoms with Crippen molar-refractivity contribution in [1.82, 2.24) is 9.88 Å². The zero-order chi connectivity index (χ0) is 17.3. The lowest BCUT2D eigenvalue weighted by Gasteiger charge is -2.11. The fourth-order valence-electron chi connectivity index (χ4n) is 2.34. The van der Waals surface area contributed by atoms with Crippen molar-refractivity contribution in [3.05, 3.63) is 57.9 Å². The molecule has 0 spiro atoms. The van der Waals surface area contributed by atoms with Gasteiger partial charge in [0.2, 0.25) is 0 Å². The van der Waals surface area contributed by atoms with Crippen molar-refractivity contribution in [1.29, 1.82) is 0 Å². The van der Waals surface area contributed by atoms with Gasteiger partial charge < -0.3 is 15.2 Å². The van der Waals surface area contributed by atoms with Crippen LogP contribution < -0.4 is 10.6 Å². The average molecular weight is 328 g/mol. The predicted octanol–water partition coefficient (Wildman–Crippen LogP) is 2.08. The molecule has 1 aliphatic carbocycles. The molecule has 0 unspecified atom stereocenters. The fraction of sp³-hybridized carbons (Fsp3) is 0.250. The Bertz CT molecular complexity index is 823. The van der Waals surface area contributed by atoms with Crippen LogP contribution in [-0.2, 0) is 7.05 Å². The van der Waals surface area contributed by atoms with Gasteiger partial charge in [0.15, 0.2) is 0 Å².